The third-order valence-corrected chi connectivity index (χ3v) is 3.79. The van der Waals surface area contributed by atoms with E-state index in [9.17, 15) is 5.11 Å². The summed E-state index contributed by atoms with van der Waals surface area (Å²) in [5.74, 6) is 0. The summed E-state index contributed by atoms with van der Waals surface area (Å²) in [5, 5.41) is 23.6. The molecule has 110 valence electrons. The van der Waals surface area contributed by atoms with Crippen LogP contribution in [0.4, 0.5) is 5.69 Å². The molecule has 0 saturated heterocycles. The second-order valence-corrected chi connectivity index (χ2v) is 5.33. The van der Waals surface area contributed by atoms with Gasteiger partial charge in [-0.3, -0.25) is 0 Å². The number of nitrogens with zero attached hydrogens (tertiary/aromatic N) is 2. The minimum Gasteiger partial charge on any atom is -0.387 e. The summed E-state index contributed by atoms with van der Waals surface area (Å²) < 4.78 is 2.06. The zero-order valence-corrected chi connectivity index (χ0v) is 12.3. The minimum atomic E-state index is -0.655. The summed E-state index contributed by atoms with van der Waals surface area (Å²) in [6.07, 6.45) is 1.37. The average molecular weight is 291 g/mol. The molecule has 4 heteroatoms. The second-order valence-electron chi connectivity index (χ2n) is 5.33. The SMILES string of the molecule is Cn1ccc2ccc(NCC(O)c3cccc(C#N)c3)cc21. The van der Waals surface area contributed by atoms with Crippen molar-refractivity contribution in [2.24, 2.45) is 7.05 Å². The largest absolute Gasteiger partial charge is 0.387 e. The molecule has 4 nitrogen and oxygen atoms in total. The smallest absolute Gasteiger partial charge is 0.0991 e. The molecular weight excluding hydrogens is 274 g/mol. The van der Waals surface area contributed by atoms with E-state index in [2.05, 4.69) is 34.2 Å². The second kappa shape index (κ2) is 5.92. The first-order chi connectivity index (χ1) is 10.7. The van der Waals surface area contributed by atoms with Gasteiger partial charge in [0.15, 0.2) is 0 Å². The van der Waals surface area contributed by atoms with Gasteiger partial charge in [0, 0.05) is 31.0 Å². The molecule has 0 aliphatic heterocycles. The van der Waals surface area contributed by atoms with Gasteiger partial charge in [-0.15, -0.1) is 0 Å². The Bertz CT molecular complexity index is 845. The Balaban J connectivity index is 1.72. The maximum atomic E-state index is 10.3. The lowest BCUT2D eigenvalue weighted by molar-refractivity contribution is 0.191. The van der Waals surface area contributed by atoms with Crippen LogP contribution in [0, 0.1) is 11.3 Å². The van der Waals surface area contributed by atoms with Gasteiger partial charge in [0.05, 0.1) is 17.7 Å². The first kappa shape index (κ1) is 14.2. The molecule has 3 aromatic rings. The van der Waals surface area contributed by atoms with Crippen molar-refractivity contribution in [2.45, 2.75) is 6.10 Å². The Labute approximate surface area is 129 Å². The molecule has 22 heavy (non-hydrogen) atoms. The first-order valence-corrected chi connectivity index (χ1v) is 7.14. The van der Waals surface area contributed by atoms with Crippen molar-refractivity contribution in [2.75, 3.05) is 11.9 Å². The van der Waals surface area contributed by atoms with Crippen LogP contribution >= 0.6 is 0 Å². The fourth-order valence-electron chi connectivity index (χ4n) is 2.52. The molecule has 1 heterocycles. The molecule has 0 aliphatic rings. The summed E-state index contributed by atoms with van der Waals surface area (Å²) >= 11 is 0. The fourth-order valence-corrected chi connectivity index (χ4v) is 2.52. The lowest BCUT2D eigenvalue weighted by atomic mass is 10.1. The Morgan fingerprint density at radius 3 is 2.91 bits per heavy atom. The van der Waals surface area contributed by atoms with Crippen LogP contribution in [0.1, 0.15) is 17.2 Å². The van der Waals surface area contributed by atoms with E-state index in [1.54, 1.807) is 18.2 Å². The van der Waals surface area contributed by atoms with Crippen molar-refractivity contribution >= 4 is 16.6 Å². The molecule has 2 N–H and O–H groups in total. The van der Waals surface area contributed by atoms with Gasteiger partial charge in [-0.25, -0.2) is 0 Å². The molecule has 0 aliphatic carbocycles. The monoisotopic (exact) mass is 291 g/mol. The number of anilines is 1. The molecule has 0 saturated carbocycles. The number of aliphatic hydroxyl groups is 1. The van der Waals surface area contributed by atoms with Gasteiger partial charge in [0.2, 0.25) is 0 Å². The van der Waals surface area contributed by atoms with Crippen molar-refractivity contribution in [1.29, 1.82) is 5.26 Å². The molecular formula is C18H17N3O. The number of benzene rings is 2. The Hall–Kier alpha value is -2.77. The van der Waals surface area contributed by atoms with Crippen LogP contribution in [-0.4, -0.2) is 16.2 Å². The third kappa shape index (κ3) is 2.80. The van der Waals surface area contributed by atoms with Gasteiger partial charge in [-0.1, -0.05) is 18.2 Å². The maximum absolute atomic E-state index is 10.3. The van der Waals surface area contributed by atoms with E-state index < -0.39 is 6.10 Å². The Morgan fingerprint density at radius 1 is 1.23 bits per heavy atom. The van der Waals surface area contributed by atoms with Crippen LogP contribution in [0.3, 0.4) is 0 Å². The van der Waals surface area contributed by atoms with E-state index in [-0.39, 0.29) is 0 Å². The molecule has 0 fully saturated rings. The highest BCUT2D eigenvalue weighted by molar-refractivity contribution is 5.83. The highest BCUT2D eigenvalue weighted by Gasteiger charge is 2.08. The highest BCUT2D eigenvalue weighted by atomic mass is 16.3. The topological polar surface area (TPSA) is 61.0 Å². The summed E-state index contributed by atoms with van der Waals surface area (Å²) in [7, 11) is 2.01. The molecule has 2 aromatic carbocycles. The van der Waals surface area contributed by atoms with Crippen LogP contribution in [-0.2, 0) is 7.05 Å². The van der Waals surface area contributed by atoms with E-state index in [4.69, 9.17) is 5.26 Å². The highest BCUT2D eigenvalue weighted by Crippen LogP contribution is 2.21. The Kier molecular flexibility index (Phi) is 3.82. The minimum absolute atomic E-state index is 0.394. The molecule has 0 bridgehead atoms. The van der Waals surface area contributed by atoms with Crippen LogP contribution in [0.5, 0.6) is 0 Å². The first-order valence-electron chi connectivity index (χ1n) is 7.14. The predicted octanol–water partition coefficient (Wildman–Crippen LogP) is 3.20. The number of nitrogens with one attached hydrogen (secondary N) is 1. The number of nitriles is 1. The lowest BCUT2D eigenvalue weighted by Gasteiger charge is -2.13. The molecule has 1 unspecified atom stereocenters. The predicted molar refractivity (Wildman–Crippen MR) is 87.5 cm³/mol. The number of fused-ring (bicyclic) bond motifs is 1. The van der Waals surface area contributed by atoms with Gasteiger partial charge >= 0.3 is 0 Å². The van der Waals surface area contributed by atoms with Crippen LogP contribution in [0.25, 0.3) is 10.9 Å². The summed E-state index contributed by atoms with van der Waals surface area (Å²) in [6, 6.07) is 17.3. The number of hydrogen-bond acceptors (Lipinski definition) is 3. The fraction of sp³-hybridized carbons (Fsp3) is 0.167. The van der Waals surface area contributed by atoms with Gasteiger partial charge in [0.25, 0.3) is 0 Å². The summed E-state index contributed by atoms with van der Waals surface area (Å²) in [6.45, 7) is 0.394. The number of hydrogen-bond donors (Lipinski definition) is 2. The zero-order chi connectivity index (χ0) is 15.5. The molecule has 1 atom stereocenters. The summed E-state index contributed by atoms with van der Waals surface area (Å²) in [5.41, 5.74) is 3.41. The Morgan fingerprint density at radius 2 is 2.09 bits per heavy atom. The number of aromatic nitrogens is 1. The van der Waals surface area contributed by atoms with E-state index in [0.717, 1.165) is 16.8 Å². The van der Waals surface area contributed by atoms with Crippen molar-refractivity contribution in [3.63, 3.8) is 0 Å². The van der Waals surface area contributed by atoms with Crippen molar-refractivity contribution < 1.29 is 5.11 Å². The van der Waals surface area contributed by atoms with E-state index in [1.165, 1.54) is 5.39 Å². The van der Waals surface area contributed by atoms with Gasteiger partial charge in [0.1, 0.15) is 0 Å². The summed E-state index contributed by atoms with van der Waals surface area (Å²) in [4.78, 5) is 0. The van der Waals surface area contributed by atoms with Crippen molar-refractivity contribution in [3.8, 4) is 6.07 Å². The van der Waals surface area contributed by atoms with E-state index in [1.807, 2.05) is 25.4 Å². The van der Waals surface area contributed by atoms with Gasteiger partial charge in [-0.2, -0.15) is 5.26 Å². The average Bonchev–Trinajstić information content (AvgIpc) is 2.93. The third-order valence-electron chi connectivity index (χ3n) is 3.79. The standard InChI is InChI=1S/C18H17N3O/c1-21-8-7-14-5-6-16(10-17(14)21)20-12-18(22)15-4-2-3-13(9-15)11-19/h2-10,18,20,22H,12H2,1H3. The maximum Gasteiger partial charge on any atom is 0.0991 e. The normalized spacial score (nSPS) is 12.0. The van der Waals surface area contributed by atoms with E-state index in [0.29, 0.717) is 12.1 Å². The van der Waals surface area contributed by atoms with Crippen molar-refractivity contribution in [3.05, 3.63) is 65.9 Å². The van der Waals surface area contributed by atoms with Gasteiger partial charge in [-0.05, 0) is 41.3 Å². The van der Waals surface area contributed by atoms with Crippen LogP contribution in [0.15, 0.2) is 54.7 Å². The number of aryl methyl sites for hydroxylation is 1. The number of rotatable bonds is 4. The van der Waals surface area contributed by atoms with E-state index >= 15 is 0 Å². The molecule has 1 aromatic heterocycles. The zero-order valence-electron chi connectivity index (χ0n) is 12.3. The quantitative estimate of drug-likeness (QED) is 0.776. The van der Waals surface area contributed by atoms with Crippen LogP contribution in [0.2, 0.25) is 0 Å². The lowest BCUT2D eigenvalue weighted by Crippen LogP contribution is -2.12. The van der Waals surface area contributed by atoms with Crippen molar-refractivity contribution in [1.82, 2.24) is 4.57 Å². The molecule has 0 amide bonds. The molecule has 0 spiro atoms. The number of aliphatic hydroxyl groups excluding tert-OH is 1. The van der Waals surface area contributed by atoms with Gasteiger partial charge < -0.3 is 15.0 Å². The molecule has 3 rings (SSSR count). The molecule has 0 radical (unpaired) electrons. The van der Waals surface area contributed by atoms with Crippen LogP contribution < -0.4 is 5.32 Å².